The zero-order valence-corrected chi connectivity index (χ0v) is 35.6. The van der Waals surface area contributed by atoms with Gasteiger partial charge in [0.05, 0.1) is 19.8 Å². The number of aliphatic hydroxyl groups is 2. The van der Waals surface area contributed by atoms with Gasteiger partial charge in [0.1, 0.15) is 12.7 Å². The van der Waals surface area contributed by atoms with E-state index >= 15 is 0 Å². The molecular formula is C46H73O10P. The predicted molar refractivity (Wildman–Crippen MR) is 232 cm³/mol. The molecule has 0 aromatic rings. The molecule has 0 fully saturated rings. The van der Waals surface area contributed by atoms with E-state index in [0.717, 1.165) is 70.6 Å². The SMILES string of the molecule is CCC=CCC=CCC=CCC=CCC=CCC=CCCC(=O)O[C@H](COC(=O)CCCCC=CCC=CCC=CCCCCC)COP(=O)(O)OC[C@@H](O)CO. The Balaban J connectivity index is 4.55. The maximum absolute atomic E-state index is 12.6. The first-order chi connectivity index (χ1) is 27.7. The van der Waals surface area contributed by atoms with Crippen molar-refractivity contribution < 1.29 is 47.8 Å². The van der Waals surface area contributed by atoms with Gasteiger partial charge in [0.2, 0.25) is 0 Å². The van der Waals surface area contributed by atoms with Gasteiger partial charge in [0.25, 0.3) is 0 Å². The summed E-state index contributed by atoms with van der Waals surface area (Å²) in [5.74, 6) is -1.08. The summed E-state index contributed by atoms with van der Waals surface area (Å²) in [4.78, 5) is 34.9. The van der Waals surface area contributed by atoms with Crippen molar-refractivity contribution in [2.24, 2.45) is 0 Å². The third-order valence-corrected chi connectivity index (χ3v) is 8.88. The molecule has 0 rings (SSSR count). The number of phosphoric acid groups is 1. The summed E-state index contributed by atoms with van der Waals surface area (Å²) in [5, 5.41) is 18.3. The van der Waals surface area contributed by atoms with Crippen LogP contribution in [0.25, 0.3) is 0 Å². The van der Waals surface area contributed by atoms with Crippen LogP contribution < -0.4 is 0 Å². The van der Waals surface area contributed by atoms with Crippen LogP contribution in [0.5, 0.6) is 0 Å². The molecule has 3 N–H and O–H groups in total. The lowest BCUT2D eigenvalue weighted by atomic mass is 10.1. The molecule has 0 heterocycles. The highest BCUT2D eigenvalue weighted by atomic mass is 31.2. The predicted octanol–water partition coefficient (Wildman–Crippen LogP) is 11.0. The molecule has 0 aliphatic rings. The molecule has 10 nitrogen and oxygen atoms in total. The van der Waals surface area contributed by atoms with Gasteiger partial charge < -0.3 is 24.6 Å². The van der Waals surface area contributed by atoms with Crippen molar-refractivity contribution >= 4 is 19.8 Å². The van der Waals surface area contributed by atoms with E-state index in [4.69, 9.17) is 19.1 Å². The fourth-order valence-electron chi connectivity index (χ4n) is 4.73. The topological polar surface area (TPSA) is 149 Å². The molecule has 0 aliphatic carbocycles. The Morgan fingerprint density at radius 3 is 1.46 bits per heavy atom. The van der Waals surface area contributed by atoms with Gasteiger partial charge in [-0.25, -0.2) is 4.57 Å². The standard InChI is InChI=1S/C46H73O10P/c1-3-5-7-9-11-13-15-17-19-20-21-22-24-26-28-30-32-34-36-38-46(50)56-44(42-55-57(51,52)54-40-43(48)39-47)41-53-45(49)37-35-33-31-29-27-25-23-18-16-14-12-10-8-6-4-2/h5,7,11-14,17-19,21-23,26-29,32,34,43-44,47-48H,3-4,6,8-10,15-16,20,24-25,30-31,33,35-42H2,1-2H3,(H,51,52)/t43-,44+/m0/s1. The lowest BCUT2D eigenvalue weighted by molar-refractivity contribution is -0.161. The maximum Gasteiger partial charge on any atom is 0.472 e. The van der Waals surface area contributed by atoms with E-state index in [1.165, 1.54) is 19.3 Å². The number of rotatable bonds is 37. The molecule has 0 spiro atoms. The molecule has 0 bridgehead atoms. The Hall–Kier alpha value is -3.37. The van der Waals surface area contributed by atoms with Crippen molar-refractivity contribution in [1.82, 2.24) is 0 Å². The minimum Gasteiger partial charge on any atom is -0.462 e. The number of unbranched alkanes of at least 4 members (excludes halogenated alkanes) is 5. The van der Waals surface area contributed by atoms with Gasteiger partial charge in [-0.15, -0.1) is 0 Å². The number of hydrogen-bond donors (Lipinski definition) is 3. The fraction of sp³-hybridized carbons (Fsp3) is 0.565. The third-order valence-electron chi connectivity index (χ3n) is 7.92. The van der Waals surface area contributed by atoms with E-state index in [1.54, 1.807) is 0 Å². The van der Waals surface area contributed by atoms with Crippen LogP contribution in [0.4, 0.5) is 0 Å². The highest BCUT2D eigenvalue weighted by molar-refractivity contribution is 7.47. The monoisotopic (exact) mass is 816 g/mol. The Morgan fingerprint density at radius 1 is 0.544 bits per heavy atom. The number of phosphoric ester groups is 1. The van der Waals surface area contributed by atoms with E-state index in [9.17, 15) is 24.2 Å². The Morgan fingerprint density at radius 2 is 0.982 bits per heavy atom. The Bertz CT molecular complexity index is 1310. The van der Waals surface area contributed by atoms with Crippen LogP contribution in [0.15, 0.2) is 109 Å². The van der Waals surface area contributed by atoms with Crippen molar-refractivity contribution in [1.29, 1.82) is 0 Å². The summed E-state index contributed by atoms with van der Waals surface area (Å²) < 4.78 is 32.5. The number of aliphatic hydroxyl groups excluding tert-OH is 2. The van der Waals surface area contributed by atoms with Crippen LogP contribution in [0, 0.1) is 0 Å². The van der Waals surface area contributed by atoms with Crippen molar-refractivity contribution in [3.8, 4) is 0 Å². The molecule has 57 heavy (non-hydrogen) atoms. The van der Waals surface area contributed by atoms with E-state index in [1.807, 2.05) is 12.2 Å². The number of allylic oxidation sites excluding steroid dienone is 18. The highest BCUT2D eigenvalue weighted by Crippen LogP contribution is 2.43. The van der Waals surface area contributed by atoms with Crippen LogP contribution >= 0.6 is 7.82 Å². The lowest BCUT2D eigenvalue weighted by Crippen LogP contribution is -2.29. The zero-order valence-electron chi connectivity index (χ0n) is 34.7. The first kappa shape index (κ1) is 53.6. The van der Waals surface area contributed by atoms with Gasteiger partial charge >= 0.3 is 19.8 Å². The number of esters is 2. The summed E-state index contributed by atoms with van der Waals surface area (Å²) >= 11 is 0. The number of carbonyl (C=O) groups excluding carboxylic acids is 2. The maximum atomic E-state index is 12.6. The number of carbonyl (C=O) groups is 2. The lowest BCUT2D eigenvalue weighted by Gasteiger charge is -2.20. The molecule has 0 aliphatic heterocycles. The van der Waals surface area contributed by atoms with Crippen molar-refractivity contribution in [3.63, 3.8) is 0 Å². The molecule has 0 radical (unpaired) electrons. The van der Waals surface area contributed by atoms with Gasteiger partial charge in [-0.1, -0.05) is 136 Å². The molecule has 322 valence electrons. The Kier molecular flexibility index (Phi) is 38.4. The zero-order chi connectivity index (χ0) is 41.9. The molecule has 0 saturated carbocycles. The molecule has 11 heteroatoms. The first-order valence-corrected chi connectivity index (χ1v) is 22.3. The molecule has 0 amide bonds. The minimum absolute atomic E-state index is 0.0437. The summed E-state index contributed by atoms with van der Waals surface area (Å²) in [6, 6.07) is 0. The van der Waals surface area contributed by atoms with Gasteiger partial charge in [0, 0.05) is 12.8 Å². The summed E-state index contributed by atoms with van der Waals surface area (Å²) in [6.45, 7) is 2.07. The molecular weight excluding hydrogens is 743 g/mol. The fourth-order valence-corrected chi connectivity index (χ4v) is 5.52. The van der Waals surface area contributed by atoms with E-state index in [-0.39, 0.29) is 19.4 Å². The summed E-state index contributed by atoms with van der Waals surface area (Å²) in [6.07, 6.45) is 50.7. The molecule has 3 atom stereocenters. The van der Waals surface area contributed by atoms with E-state index < -0.39 is 51.8 Å². The summed E-state index contributed by atoms with van der Waals surface area (Å²) in [5.41, 5.74) is 0. The van der Waals surface area contributed by atoms with E-state index in [0.29, 0.717) is 12.8 Å². The molecule has 0 saturated heterocycles. The van der Waals surface area contributed by atoms with Crippen LogP contribution in [-0.4, -0.2) is 65.7 Å². The van der Waals surface area contributed by atoms with Crippen LogP contribution in [0.2, 0.25) is 0 Å². The number of hydrogen-bond acceptors (Lipinski definition) is 9. The average Bonchev–Trinajstić information content (AvgIpc) is 3.20. The van der Waals surface area contributed by atoms with Crippen molar-refractivity contribution in [2.45, 2.75) is 142 Å². The van der Waals surface area contributed by atoms with Crippen LogP contribution in [0.3, 0.4) is 0 Å². The van der Waals surface area contributed by atoms with Gasteiger partial charge in [0.15, 0.2) is 6.10 Å². The minimum atomic E-state index is -4.65. The van der Waals surface area contributed by atoms with Gasteiger partial charge in [-0.3, -0.25) is 18.6 Å². The Labute approximate surface area is 344 Å². The largest absolute Gasteiger partial charge is 0.472 e. The van der Waals surface area contributed by atoms with Crippen molar-refractivity contribution in [3.05, 3.63) is 109 Å². The summed E-state index contributed by atoms with van der Waals surface area (Å²) in [7, 11) is -4.65. The van der Waals surface area contributed by atoms with Gasteiger partial charge in [-0.05, 0) is 89.9 Å². The van der Waals surface area contributed by atoms with Crippen molar-refractivity contribution in [2.75, 3.05) is 26.4 Å². The molecule has 0 aromatic carbocycles. The van der Waals surface area contributed by atoms with Gasteiger partial charge in [-0.2, -0.15) is 0 Å². The average molecular weight is 817 g/mol. The number of ether oxygens (including phenoxy) is 2. The van der Waals surface area contributed by atoms with Crippen LogP contribution in [0.1, 0.15) is 129 Å². The second-order valence-electron chi connectivity index (χ2n) is 13.3. The normalized spacial score (nSPS) is 15.0. The second-order valence-corrected chi connectivity index (χ2v) is 14.7. The molecule has 0 aromatic heterocycles. The third kappa shape index (κ3) is 40.6. The van der Waals surface area contributed by atoms with E-state index in [2.05, 4.69) is 116 Å². The second kappa shape index (κ2) is 40.8. The molecule has 1 unspecified atom stereocenters. The quantitative estimate of drug-likeness (QED) is 0.0239. The first-order valence-electron chi connectivity index (χ1n) is 20.8. The van der Waals surface area contributed by atoms with Crippen LogP contribution in [-0.2, 0) is 32.7 Å². The highest BCUT2D eigenvalue weighted by Gasteiger charge is 2.27. The smallest absolute Gasteiger partial charge is 0.462 e.